The van der Waals surface area contributed by atoms with Crippen LogP contribution in [-0.2, 0) is 10.0 Å². The van der Waals surface area contributed by atoms with Crippen LogP contribution in [0.4, 0.5) is 5.69 Å². The first-order valence-corrected chi connectivity index (χ1v) is 6.52. The van der Waals surface area contributed by atoms with Gasteiger partial charge in [-0.15, -0.1) is 0 Å². The molecule has 1 aromatic carbocycles. The van der Waals surface area contributed by atoms with Crippen LogP contribution in [0.1, 0.15) is 6.42 Å². The first kappa shape index (κ1) is 12.3. The molecule has 0 aliphatic heterocycles. The van der Waals surface area contributed by atoms with Crippen molar-refractivity contribution in [2.75, 3.05) is 17.0 Å². The van der Waals surface area contributed by atoms with Crippen LogP contribution < -0.4 is 10.5 Å². The van der Waals surface area contributed by atoms with Crippen LogP contribution in [0, 0.1) is 0 Å². The van der Waals surface area contributed by atoms with E-state index in [2.05, 4.69) is 4.72 Å². The van der Waals surface area contributed by atoms with Crippen molar-refractivity contribution in [3.63, 3.8) is 0 Å². The van der Waals surface area contributed by atoms with E-state index in [-0.39, 0.29) is 5.75 Å². The van der Waals surface area contributed by atoms with Crippen molar-refractivity contribution in [1.29, 1.82) is 0 Å². The molecule has 6 heteroatoms. The lowest BCUT2D eigenvalue weighted by atomic mass is 10.3. The summed E-state index contributed by atoms with van der Waals surface area (Å²) in [5, 5.41) is 0.494. The van der Waals surface area contributed by atoms with E-state index in [1.165, 1.54) is 0 Å². The summed E-state index contributed by atoms with van der Waals surface area (Å²) in [5.41, 5.74) is 5.71. The van der Waals surface area contributed by atoms with Crippen molar-refractivity contribution in [1.82, 2.24) is 0 Å². The molecule has 1 rings (SSSR count). The maximum Gasteiger partial charge on any atom is 0.232 e. The zero-order chi connectivity index (χ0) is 11.3. The number of hydrogen-bond acceptors (Lipinski definition) is 3. The summed E-state index contributed by atoms with van der Waals surface area (Å²) in [4.78, 5) is 0. The van der Waals surface area contributed by atoms with Gasteiger partial charge in [-0.05, 0) is 31.2 Å². The Morgan fingerprint density at radius 3 is 2.73 bits per heavy atom. The Morgan fingerprint density at radius 2 is 2.13 bits per heavy atom. The topological polar surface area (TPSA) is 72.2 Å². The van der Waals surface area contributed by atoms with Crippen LogP contribution in [0.2, 0.25) is 5.02 Å². The van der Waals surface area contributed by atoms with Gasteiger partial charge < -0.3 is 5.73 Å². The van der Waals surface area contributed by atoms with Gasteiger partial charge in [-0.25, -0.2) is 8.42 Å². The van der Waals surface area contributed by atoms with Crippen LogP contribution in [-0.4, -0.2) is 20.7 Å². The largest absolute Gasteiger partial charge is 0.330 e. The second-order valence-electron chi connectivity index (χ2n) is 3.07. The molecule has 0 heterocycles. The van der Waals surface area contributed by atoms with Gasteiger partial charge in [-0.1, -0.05) is 17.7 Å². The molecule has 0 aliphatic carbocycles. The highest BCUT2D eigenvalue weighted by atomic mass is 35.5. The van der Waals surface area contributed by atoms with Crippen LogP contribution in [0.15, 0.2) is 24.3 Å². The van der Waals surface area contributed by atoms with E-state index in [0.717, 1.165) is 0 Å². The number of rotatable bonds is 5. The Hall–Kier alpha value is -0.780. The number of anilines is 1. The fourth-order valence-electron chi connectivity index (χ4n) is 1.06. The van der Waals surface area contributed by atoms with Crippen molar-refractivity contribution < 1.29 is 8.42 Å². The molecular weight excluding hydrogens is 236 g/mol. The summed E-state index contributed by atoms with van der Waals surface area (Å²) >= 11 is 5.72. The lowest BCUT2D eigenvalue weighted by Crippen LogP contribution is -2.18. The molecule has 1 aromatic rings. The zero-order valence-corrected chi connectivity index (χ0v) is 9.68. The summed E-state index contributed by atoms with van der Waals surface area (Å²) < 4.78 is 25.3. The summed E-state index contributed by atoms with van der Waals surface area (Å²) in [6.07, 6.45) is 0.440. The van der Waals surface area contributed by atoms with E-state index in [9.17, 15) is 8.42 Å². The zero-order valence-electron chi connectivity index (χ0n) is 8.11. The Morgan fingerprint density at radius 1 is 1.40 bits per heavy atom. The second-order valence-corrected chi connectivity index (χ2v) is 5.35. The van der Waals surface area contributed by atoms with Crippen molar-refractivity contribution >= 4 is 27.3 Å². The van der Waals surface area contributed by atoms with Gasteiger partial charge in [0.2, 0.25) is 10.0 Å². The molecule has 4 nitrogen and oxygen atoms in total. The molecule has 0 saturated carbocycles. The minimum Gasteiger partial charge on any atom is -0.330 e. The van der Waals surface area contributed by atoms with Gasteiger partial charge in [-0.3, -0.25) is 4.72 Å². The molecule has 15 heavy (non-hydrogen) atoms. The lowest BCUT2D eigenvalue weighted by molar-refractivity contribution is 0.599. The molecule has 0 aliphatic rings. The molecule has 0 spiro atoms. The fraction of sp³-hybridized carbons (Fsp3) is 0.333. The van der Waals surface area contributed by atoms with Crippen molar-refractivity contribution in [3.05, 3.63) is 29.3 Å². The fourth-order valence-corrected chi connectivity index (χ4v) is 2.38. The molecular formula is C9H13ClN2O2S. The monoisotopic (exact) mass is 248 g/mol. The predicted octanol–water partition coefficient (Wildman–Crippen LogP) is 1.43. The van der Waals surface area contributed by atoms with Gasteiger partial charge in [-0.2, -0.15) is 0 Å². The Bertz CT molecular complexity index is 420. The molecule has 0 unspecified atom stereocenters. The number of sulfonamides is 1. The quantitative estimate of drug-likeness (QED) is 0.828. The van der Waals surface area contributed by atoms with Crippen LogP contribution in [0.3, 0.4) is 0 Å². The summed E-state index contributed by atoms with van der Waals surface area (Å²) in [6, 6.07) is 6.57. The van der Waals surface area contributed by atoms with E-state index in [1.54, 1.807) is 24.3 Å². The molecule has 0 fully saturated rings. The normalized spacial score (nSPS) is 11.3. The van der Waals surface area contributed by atoms with E-state index in [0.29, 0.717) is 23.7 Å². The minimum absolute atomic E-state index is 0.0238. The van der Waals surface area contributed by atoms with Crippen molar-refractivity contribution in [2.24, 2.45) is 5.73 Å². The minimum atomic E-state index is -3.30. The highest BCUT2D eigenvalue weighted by Gasteiger charge is 2.09. The second kappa shape index (κ2) is 5.34. The molecule has 0 radical (unpaired) electrons. The van der Waals surface area contributed by atoms with Crippen LogP contribution in [0.25, 0.3) is 0 Å². The van der Waals surface area contributed by atoms with Crippen LogP contribution >= 0.6 is 11.6 Å². The third kappa shape index (κ3) is 4.51. The highest BCUT2D eigenvalue weighted by Crippen LogP contribution is 2.16. The molecule has 0 aromatic heterocycles. The SMILES string of the molecule is NCCCS(=O)(=O)Nc1cccc(Cl)c1. The van der Waals surface area contributed by atoms with Gasteiger partial charge in [0.25, 0.3) is 0 Å². The number of halogens is 1. The number of benzene rings is 1. The summed E-state index contributed by atoms with van der Waals surface area (Å²) in [6.45, 7) is 0.358. The molecule has 0 saturated heterocycles. The van der Waals surface area contributed by atoms with Gasteiger partial charge in [0, 0.05) is 10.7 Å². The van der Waals surface area contributed by atoms with E-state index in [4.69, 9.17) is 17.3 Å². The van der Waals surface area contributed by atoms with Gasteiger partial charge in [0.15, 0.2) is 0 Å². The first-order valence-electron chi connectivity index (χ1n) is 4.49. The summed E-state index contributed by atoms with van der Waals surface area (Å²) in [7, 11) is -3.30. The van der Waals surface area contributed by atoms with Crippen molar-refractivity contribution in [2.45, 2.75) is 6.42 Å². The molecule has 84 valence electrons. The molecule has 3 N–H and O–H groups in total. The maximum atomic E-state index is 11.5. The third-order valence-electron chi connectivity index (χ3n) is 1.72. The van der Waals surface area contributed by atoms with E-state index in [1.807, 2.05) is 0 Å². The average Bonchev–Trinajstić information content (AvgIpc) is 2.14. The van der Waals surface area contributed by atoms with Gasteiger partial charge in [0.1, 0.15) is 0 Å². The van der Waals surface area contributed by atoms with E-state index >= 15 is 0 Å². The maximum absolute atomic E-state index is 11.5. The molecule has 0 bridgehead atoms. The van der Waals surface area contributed by atoms with Gasteiger partial charge >= 0.3 is 0 Å². The summed E-state index contributed by atoms with van der Waals surface area (Å²) in [5.74, 6) is 0.0238. The highest BCUT2D eigenvalue weighted by molar-refractivity contribution is 7.92. The first-order chi connectivity index (χ1) is 7.03. The Labute approximate surface area is 94.5 Å². The van der Waals surface area contributed by atoms with Gasteiger partial charge in [0.05, 0.1) is 5.75 Å². The number of nitrogens with one attached hydrogen (secondary N) is 1. The van der Waals surface area contributed by atoms with Crippen molar-refractivity contribution in [3.8, 4) is 0 Å². The standard InChI is InChI=1S/C9H13ClN2O2S/c10-8-3-1-4-9(7-8)12-15(13,14)6-2-5-11/h1,3-4,7,12H,2,5-6,11H2. The average molecular weight is 249 g/mol. The molecule has 0 atom stereocenters. The third-order valence-corrected chi connectivity index (χ3v) is 3.32. The predicted molar refractivity (Wildman–Crippen MR) is 62.5 cm³/mol. The Balaban J connectivity index is 2.69. The number of nitrogens with two attached hydrogens (primary N) is 1. The Kier molecular flexibility index (Phi) is 4.38. The number of hydrogen-bond donors (Lipinski definition) is 2. The van der Waals surface area contributed by atoms with Crippen LogP contribution in [0.5, 0.6) is 0 Å². The lowest BCUT2D eigenvalue weighted by Gasteiger charge is -2.07. The molecule has 0 amide bonds. The van der Waals surface area contributed by atoms with E-state index < -0.39 is 10.0 Å². The smallest absolute Gasteiger partial charge is 0.232 e.